The topological polar surface area (TPSA) is 96.5 Å². The van der Waals surface area contributed by atoms with Gasteiger partial charge in [0.25, 0.3) is 0 Å². The van der Waals surface area contributed by atoms with Crippen LogP contribution in [0.3, 0.4) is 0 Å². The zero-order valence-electron chi connectivity index (χ0n) is 19.0. The smallest absolute Gasteiger partial charge is 0.324 e. The second-order valence-corrected chi connectivity index (χ2v) is 9.43. The number of ether oxygens (including phenoxy) is 2. The SMILES string of the molecule is O=C1CN(CN2C(=O)[C@@H]3[C@@H](CN4[C@H](c5ccccc5)COC(=O)[C@@H]34)C2=O)[C@H](c2ccccc2)CO1. The number of nitrogens with zero attached hydrogens (tertiary/aromatic N) is 3. The predicted octanol–water partition coefficient (Wildman–Crippen LogP) is 1.13. The number of rotatable bonds is 4. The van der Waals surface area contributed by atoms with Gasteiger partial charge in [0.15, 0.2) is 0 Å². The van der Waals surface area contributed by atoms with Crippen molar-refractivity contribution in [1.82, 2.24) is 14.7 Å². The minimum absolute atomic E-state index is 0.0246. The number of cyclic esters (lactones) is 2. The van der Waals surface area contributed by atoms with Crippen molar-refractivity contribution >= 4 is 23.8 Å². The number of morpholine rings is 2. The predicted molar refractivity (Wildman–Crippen MR) is 121 cm³/mol. The van der Waals surface area contributed by atoms with E-state index in [2.05, 4.69) is 0 Å². The van der Waals surface area contributed by atoms with Crippen LogP contribution in [0.15, 0.2) is 60.7 Å². The van der Waals surface area contributed by atoms with E-state index in [0.29, 0.717) is 6.54 Å². The number of carbonyl (C=O) groups excluding carboxylic acids is 4. The third kappa shape index (κ3) is 3.62. The molecule has 2 aromatic rings. The maximum absolute atomic E-state index is 13.6. The third-order valence-electron chi connectivity index (χ3n) is 7.57. The van der Waals surface area contributed by atoms with E-state index in [1.165, 1.54) is 4.90 Å². The van der Waals surface area contributed by atoms with Gasteiger partial charge in [0.1, 0.15) is 19.3 Å². The van der Waals surface area contributed by atoms with Crippen molar-refractivity contribution in [2.75, 3.05) is 33.0 Å². The first-order valence-electron chi connectivity index (χ1n) is 11.8. The second-order valence-electron chi connectivity index (χ2n) is 9.43. The zero-order chi connectivity index (χ0) is 24.1. The van der Waals surface area contributed by atoms with Crippen LogP contribution in [0.25, 0.3) is 0 Å². The van der Waals surface area contributed by atoms with Gasteiger partial charge in [-0.05, 0) is 11.1 Å². The molecule has 9 heteroatoms. The summed E-state index contributed by atoms with van der Waals surface area (Å²) in [5.41, 5.74) is 1.92. The largest absolute Gasteiger partial charge is 0.463 e. The number of hydrogen-bond donors (Lipinski definition) is 0. The van der Waals surface area contributed by atoms with Crippen molar-refractivity contribution in [3.05, 3.63) is 71.8 Å². The van der Waals surface area contributed by atoms with Crippen LogP contribution in [0, 0.1) is 11.8 Å². The van der Waals surface area contributed by atoms with Gasteiger partial charge >= 0.3 is 11.9 Å². The molecule has 35 heavy (non-hydrogen) atoms. The molecular weight excluding hydrogens is 450 g/mol. The average molecular weight is 476 g/mol. The van der Waals surface area contributed by atoms with E-state index in [9.17, 15) is 19.2 Å². The Hall–Kier alpha value is -3.56. The molecule has 4 saturated heterocycles. The fraction of sp³-hybridized carbons (Fsp3) is 0.385. The molecule has 4 heterocycles. The molecule has 0 saturated carbocycles. The van der Waals surface area contributed by atoms with E-state index in [4.69, 9.17) is 9.47 Å². The monoisotopic (exact) mass is 475 g/mol. The first-order chi connectivity index (χ1) is 17.0. The molecule has 0 bridgehead atoms. The Morgan fingerprint density at radius 1 is 0.771 bits per heavy atom. The van der Waals surface area contributed by atoms with E-state index in [0.717, 1.165) is 11.1 Å². The van der Waals surface area contributed by atoms with E-state index >= 15 is 0 Å². The number of imide groups is 1. The fourth-order valence-corrected chi connectivity index (χ4v) is 5.87. The van der Waals surface area contributed by atoms with Gasteiger partial charge in [-0.3, -0.25) is 33.9 Å². The molecule has 2 aromatic carbocycles. The van der Waals surface area contributed by atoms with Gasteiger partial charge in [-0.15, -0.1) is 0 Å². The number of likely N-dealkylation sites (tertiary alicyclic amines) is 1. The lowest BCUT2D eigenvalue weighted by molar-refractivity contribution is -0.166. The standard InChI is InChI=1S/C26H25N3O6/c30-21-12-27(19(13-34-21)16-7-3-1-4-8-16)15-29-24(31)18-11-28-20(17-9-5-2-6-10-17)14-35-26(33)23(28)22(18)25(29)32/h1-10,18-20,22-23H,11-15H2/t18-,19+,20+,22-,23-/m1/s1. The molecule has 4 aliphatic heterocycles. The quantitative estimate of drug-likeness (QED) is 0.480. The maximum Gasteiger partial charge on any atom is 0.324 e. The minimum atomic E-state index is -0.795. The highest BCUT2D eigenvalue weighted by Crippen LogP contribution is 2.45. The van der Waals surface area contributed by atoms with Crippen LogP contribution in [0.5, 0.6) is 0 Å². The van der Waals surface area contributed by atoms with Gasteiger partial charge in [-0.2, -0.15) is 0 Å². The van der Waals surface area contributed by atoms with Crippen LogP contribution in [0.4, 0.5) is 0 Å². The average Bonchev–Trinajstić information content (AvgIpc) is 3.38. The summed E-state index contributed by atoms with van der Waals surface area (Å²) in [5.74, 6) is -2.95. The summed E-state index contributed by atoms with van der Waals surface area (Å²) in [7, 11) is 0. The highest BCUT2D eigenvalue weighted by atomic mass is 16.5. The number of fused-ring (bicyclic) bond motifs is 3. The molecule has 4 aliphatic rings. The van der Waals surface area contributed by atoms with Crippen molar-refractivity contribution in [1.29, 1.82) is 0 Å². The Kier molecular flexibility index (Phi) is 5.38. The van der Waals surface area contributed by atoms with E-state index in [-0.39, 0.29) is 50.3 Å². The highest BCUT2D eigenvalue weighted by Gasteiger charge is 2.62. The van der Waals surface area contributed by atoms with Crippen LogP contribution in [-0.2, 0) is 28.7 Å². The van der Waals surface area contributed by atoms with Gasteiger partial charge in [-0.25, -0.2) is 0 Å². The molecule has 0 aliphatic carbocycles. The number of esters is 2. The van der Waals surface area contributed by atoms with Crippen molar-refractivity contribution in [2.24, 2.45) is 11.8 Å². The van der Waals surface area contributed by atoms with E-state index in [1.807, 2.05) is 65.6 Å². The molecular formula is C26H25N3O6. The molecule has 4 fully saturated rings. The Morgan fingerprint density at radius 2 is 1.40 bits per heavy atom. The highest BCUT2D eigenvalue weighted by molar-refractivity contribution is 6.08. The Labute approximate surface area is 202 Å². The minimum Gasteiger partial charge on any atom is -0.463 e. The fourth-order valence-electron chi connectivity index (χ4n) is 5.87. The van der Waals surface area contributed by atoms with Gasteiger partial charge in [0, 0.05) is 6.54 Å². The molecule has 0 spiro atoms. The molecule has 6 rings (SSSR count). The van der Waals surface area contributed by atoms with Gasteiger partial charge in [0.2, 0.25) is 11.8 Å². The van der Waals surface area contributed by atoms with Crippen LogP contribution < -0.4 is 0 Å². The summed E-state index contributed by atoms with van der Waals surface area (Å²) < 4.78 is 10.8. The lowest BCUT2D eigenvalue weighted by atomic mass is 9.92. The van der Waals surface area contributed by atoms with E-state index < -0.39 is 29.8 Å². The lowest BCUT2D eigenvalue weighted by Crippen LogP contribution is -2.53. The first-order valence-corrected chi connectivity index (χ1v) is 11.8. The van der Waals surface area contributed by atoms with Gasteiger partial charge in [0.05, 0.1) is 37.1 Å². The lowest BCUT2D eigenvalue weighted by Gasteiger charge is -2.39. The molecule has 9 nitrogen and oxygen atoms in total. The molecule has 180 valence electrons. The molecule has 0 radical (unpaired) electrons. The van der Waals surface area contributed by atoms with Crippen LogP contribution in [0.2, 0.25) is 0 Å². The number of amides is 2. The summed E-state index contributed by atoms with van der Waals surface area (Å²) >= 11 is 0. The normalized spacial score (nSPS) is 31.2. The molecule has 0 aromatic heterocycles. The summed E-state index contributed by atoms with van der Waals surface area (Å²) in [6, 6.07) is 18.0. The van der Waals surface area contributed by atoms with Gasteiger partial charge < -0.3 is 9.47 Å². The van der Waals surface area contributed by atoms with Crippen molar-refractivity contribution < 1.29 is 28.7 Å². The molecule has 0 N–H and O–H groups in total. The molecule has 2 amide bonds. The van der Waals surface area contributed by atoms with Crippen LogP contribution in [0.1, 0.15) is 23.2 Å². The van der Waals surface area contributed by atoms with Gasteiger partial charge in [-0.1, -0.05) is 60.7 Å². The zero-order valence-corrected chi connectivity index (χ0v) is 19.0. The summed E-state index contributed by atoms with van der Waals surface area (Å²) in [5, 5.41) is 0. The number of carbonyl (C=O) groups is 4. The Balaban J connectivity index is 1.25. The number of benzene rings is 2. The molecule has 5 atom stereocenters. The summed E-state index contributed by atoms with van der Waals surface area (Å²) in [4.78, 5) is 56.9. The maximum atomic E-state index is 13.6. The Bertz CT molecular complexity index is 1170. The molecule has 0 unspecified atom stereocenters. The van der Waals surface area contributed by atoms with Crippen LogP contribution >= 0.6 is 0 Å². The summed E-state index contributed by atoms with van der Waals surface area (Å²) in [6.45, 7) is 0.602. The first kappa shape index (κ1) is 21.9. The van der Waals surface area contributed by atoms with Crippen LogP contribution in [-0.4, -0.2) is 77.5 Å². The summed E-state index contributed by atoms with van der Waals surface area (Å²) in [6.07, 6.45) is 0. The Morgan fingerprint density at radius 3 is 2.09 bits per heavy atom. The van der Waals surface area contributed by atoms with E-state index in [1.54, 1.807) is 4.90 Å². The number of hydrogen-bond acceptors (Lipinski definition) is 8. The van der Waals surface area contributed by atoms with Crippen molar-refractivity contribution in [3.8, 4) is 0 Å². The third-order valence-corrected chi connectivity index (χ3v) is 7.57. The second kappa shape index (κ2) is 8.58. The van der Waals surface area contributed by atoms with Crippen molar-refractivity contribution in [3.63, 3.8) is 0 Å². The van der Waals surface area contributed by atoms with Crippen molar-refractivity contribution in [2.45, 2.75) is 18.1 Å².